The second-order valence-electron chi connectivity index (χ2n) is 5.70. The molecule has 1 N–H and O–H groups in total. The van der Waals surface area contributed by atoms with Gasteiger partial charge >= 0.3 is 0 Å². The minimum absolute atomic E-state index is 0.303. The molecule has 16 heavy (non-hydrogen) atoms. The van der Waals surface area contributed by atoms with Crippen LogP contribution < -0.4 is 5.32 Å². The molecule has 0 atom stereocenters. The van der Waals surface area contributed by atoms with Crippen LogP contribution in [0.2, 0.25) is 0 Å². The van der Waals surface area contributed by atoms with E-state index in [1.807, 2.05) is 13.2 Å². The van der Waals surface area contributed by atoms with Crippen molar-refractivity contribution in [3.8, 4) is 0 Å². The molecule has 1 aliphatic carbocycles. The van der Waals surface area contributed by atoms with E-state index in [2.05, 4.69) is 29.5 Å². The van der Waals surface area contributed by atoms with Gasteiger partial charge < -0.3 is 5.32 Å². The summed E-state index contributed by atoms with van der Waals surface area (Å²) in [6.45, 7) is 5.73. The maximum atomic E-state index is 4.15. The standard InChI is InChI=1S/C12H22N4/c1-12(2,6-7-13-10-4-5-10)8-11-9-16(3)15-14-11/h9-10,13H,4-8H2,1-3H3. The molecular weight excluding hydrogens is 200 g/mol. The van der Waals surface area contributed by atoms with Crippen LogP contribution in [0.4, 0.5) is 0 Å². The molecule has 1 aromatic rings. The summed E-state index contributed by atoms with van der Waals surface area (Å²) in [7, 11) is 1.91. The van der Waals surface area contributed by atoms with Crippen molar-refractivity contribution in [3.63, 3.8) is 0 Å². The van der Waals surface area contributed by atoms with Gasteiger partial charge in [0.25, 0.3) is 0 Å². The van der Waals surface area contributed by atoms with E-state index in [4.69, 9.17) is 0 Å². The predicted octanol–water partition coefficient (Wildman–Crippen LogP) is 1.53. The maximum absolute atomic E-state index is 4.15. The van der Waals surface area contributed by atoms with Gasteiger partial charge in [-0.15, -0.1) is 5.10 Å². The van der Waals surface area contributed by atoms with E-state index in [1.165, 1.54) is 19.3 Å². The van der Waals surface area contributed by atoms with Crippen LogP contribution in [-0.4, -0.2) is 27.6 Å². The molecule has 4 nitrogen and oxygen atoms in total. The quantitative estimate of drug-likeness (QED) is 0.793. The second-order valence-corrected chi connectivity index (χ2v) is 5.70. The Balaban J connectivity index is 1.76. The van der Waals surface area contributed by atoms with Gasteiger partial charge in [-0.25, -0.2) is 0 Å². The fourth-order valence-electron chi connectivity index (χ4n) is 1.96. The van der Waals surface area contributed by atoms with Gasteiger partial charge in [0.15, 0.2) is 0 Å². The Morgan fingerprint density at radius 1 is 1.50 bits per heavy atom. The van der Waals surface area contributed by atoms with E-state index >= 15 is 0 Å². The first-order valence-corrected chi connectivity index (χ1v) is 6.14. The third-order valence-electron chi connectivity index (χ3n) is 3.12. The Labute approximate surface area is 97.4 Å². The molecule has 0 bridgehead atoms. The van der Waals surface area contributed by atoms with E-state index in [0.717, 1.165) is 24.7 Å². The SMILES string of the molecule is Cn1cc(CC(C)(C)CCNC2CC2)nn1. The van der Waals surface area contributed by atoms with Gasteiger partial charge in [0.05, 0.1) is 5.69 Å². The molecule has 2 rings (SSSR count). The third-order valence-corrected chi connectivity index (χ3v) is 3.12. The lowest BCUT2D eigenvalue weighted by Crippen LogP contribution is -2.25. The average Bonchev–Trinajstić information content (AvgIpc) is 2.90. The first-order chi connectivity index (χ1) is 7.55. The molecule has 0 radical (unpaired) electrons. The molecule has 1 aliphatic rings. The van der Waals surface area contributed by atoms with Crippen LogP contribution in [0.25, 0.3) is 0 Å². The number of rotatable bonds is 6. The number of nitrogens with one attached hydrogen (secondary N) is 1. The van der Waals surface area contributed by atoms with Crippen molar-refractivity contribution in [3.05, 3.63) is 11.9 Å². The molecule has 1 heterocycles. The normalized spacial score (nSPS) is 16.7. The zero-order valence-electron chi connectivity index (χ0n) is 10.5. The Hall–Kier alpha value is -0.900. The highest BCUT2D eigenvalue weighted by Gasteiger charge is 2.23. The van der Waals surface area contributed by atoms with E-state index in [9.17, 15) is 0 Å². The van der Waals surface area contributed by atoms with Crippen LogP contribution in [-0.2, 0) is 13.5 Å². The number of nitrogens with zero attached hydrogens (tertiary/aromatic N) is 3. The summed E-state index contributed by atoms with van der Waals surface area (Å²) < 4.78 is 1.77. The largest absolute Gasteiger partial charge is 0.314 e. The van der Waals surface area contributed by atoms with Gasteiger partial charge in [-0.1, -0.05) is 19.1 Å². The van der Waals surface area contributed by atoms with Crippen LogP contribution in [0.1, 0.15) is 38.8 Å². The van der Waals surface area contributed by atoms with Crippen molar-refractivity contribution in [2.45, 2.75) is 45.6 Å². The summed E-state index contributed by atoms with van der Waals surface area (Å²) in [5, 5.41) is 11.7. The first kappa shape index (κ1) is 11.6. The van der Waals surface area contributed by atoms with Gasteiger partial charge in [0.2, 0.25) is 0 Å². The average molecular weight is 222 g/mol. The molecule has 0 aromatic carbocycles. The molecule has 1 aromatic heterocycles. The van der Waals surface area contributed by atoms with Gasteiger partial charge in [-0.3, -0.25) is 4.68 Å². The summed E-state index contributed by atoms with van der Waals surface area (Å²) in [4.78, 5) is 0. The maximum Gasteiger partial charge on any atom is 0.0832 e. The molecule has 0 amide bonds. The highest BCUT2D eigenvalue weighted by molar-refractivity contribution is 4.96. The number of aromatic nitrogens is 3. The Kier molecular flexibility index (Phi) is 3.28. The molecule has 0 saturated heterocycles. The summed E-state index contributed by atoms with van der Waals surface area (Å²) in [5.41, 5.74) is 1.40. The van der Waals surface area contributed by atoms with Crippen molar-refractivity contribution in [2.75, 3.05) is 6.54 Å². The van der Waals surface area contributed by atoms with E-state index in [0.29, 0.717) is 5.41 Å². The zero-order chi connectivity index (χ0) is 11.6. The molecule has 4 heteroatoms. The summed E-state index contributed by atoms with van der Waals surface area (Å²) >= 11 is 0. The minimum atomic E-state index is 0.303. The smallest absolute Gasteiger partial charge is 0.0832 e. The monoisotopic (exact) mass is 222 g/mol. The lowest BCUT2D eigenvalue weighted by Gasteiger charge is -2.23. The van der Waals surface area contributed by atoms with Crippen LogP contribution in [0.15, 0.2) is 6.20 Å². The van der Waals surface area contributed by atoms with Crippen LogP contribution in [0, 0.1) is 5.41 Å². The number of hydrogen-bond donors (Lipinski definition) is 1. The summed E-state index contributed by atoms with van der Waals surface area (Å²) in [5.74, 6) is 0. The summed E-state index contributed by atoms with van der Waals surface area (Å²) in [6.07, 6.45) is 6.94. The van der Waals surface area contributed by atoms with Gasteiger partial charge in [-0.2, -0.15) is 0 Å². The lowest BCUT2D eigenvalue weighted by atomic mass is 9.84. The van der Waals surface area contributed by atoms with Crippen molar-refractivity contribution in [1.29, 1.82) is 0 Å². The zero-order valence-corrected chi connectivity index (χ0v) is 10.5. The Morgan fingerprint density at radius 3 is 2.81 bits per heavy atom. The molecule has 0 unspecified atom stereocenters. The molecule has 0 spiro atoms. The van der Waals surface area contributed by atoms with Crippen LogP contribution in [0.5, 0.6) is 0 Å². The van der Waals surface area contributed by atoms with Crippen molar-refractivity contribution in [2.24, 2.45) is 12.5 Å². The Bertz CT molecular complexity index is 339. The predicted molar refractivity (Wildman–Crippen MR) is 64.1 cm³/mol. The van der Waals surface area contributed by atoms with E-state index in [1.54, 1.807) is 4.68 Å². The molecular formula is C12H22N4. The number of hydrogen-bond acceptors (Lipinski definition) is 3. The first-order valence-electron chi connectivity index (χ1n) is 6.14. The molecule has 1 fully saturated rings. The highest BCUT2D eigenvalue weighted by atomic mass is 15.4. The van der Waals surface area contributed by atoms with E-state index in [-0.39, 0.29) is 0 Å². The van der Waals surface area contributed by atoms with Gasteiger partial charge in [0.1, 0.15) is 0 Å². The summed E-state index contributed by atoms with van der Waals surface area (Å²) in [6, 6.07) is 0.812. The second kappa shape index (κ2) is 4.53. The highest BCUT2D eigenvalue weighted by Crippen LogP contribution is 2.25. The van der Waals surface area contributed by atoms with Crippen molar-refractivity contribution < 1.29 is 0 Å². The van der Waals surface area contributed by atoms with Crippen molar-refractivity contribution in [1.82, 2.24) is 20.3 Å². The van der Waals surface area contributed by atoms with Crippen LogP contribution in [0.3, 0.4) is 0 Å². The van der Waals surface area contributed by atoms with Crippen LogP contribution >= 0.6 is 0 Å². The van der Waals surface area contributed by atoms with E-state index < -0.39 is 0 Å². The minimum Gasteiger partial charge on any atom is -0.314 e. The molecule has 0 aliphatic heterocycles. The molecule has 1 saturated carbocycles. The third kappa shape index (κ3) is 3.59. The fourth-order valence-corrected chi connectivity index (χ4v) is 1.96. The lowest BCUT2D eigenvalue weighted by molar-refractivity contribution is 0.321. The molecule has 90 valence electrons. The number of aryl methyl sites for hydroxylation is 1. The van der Waals surface area contributed by atoms with Crippen molar-refractivity contribution >= 4 is 0 Å². The van der Waals surface area contributed by atoms with Gasteiger partial charge in [-0.05, 0) is 37.6 Å². The fraction of sp³-hybridized carbons (Fsp3) is 0.833. The topological polar surface area (TPSA) is 42.7 Å². The Morgan fingerprint density at radius 2 is 2.25 bits per heavy atom. The van der Waals surface area contributed by atoms with Gasteiger partial charge in [0, 0.05) is 19.3 Å².